The van der Waals surface area contributed by atoms with Crippen LogP contribution in [0.2, 0.25) is 0 Å². The zero-order valence-electron chi connectivity index (χ0n) is 11.2. The first-order valence-electron chi connectivity index (χ1n) is 6.31. The molecule has 0 spiro atoms. The number of benzene rings is 1. The molecule has 17 heavy (non-hydrogen) atoms. The predicted molar refractivity (Wildman–Crippen MR) is 72.5 cm³/mol. The molecule has 0 saturated heterocycles. The van der Waals surface area contributed by atoms with E-state index in [9.17, 15) is 0 Å². The summed E-state index contributed by atoms with van der Waals surface area (Å²) in [5, 5.41) is 3.16. The van der Waals surface area contributed by atoms with Crippen LogP contribution >= 0.6 is 0 Å². The summed E-state index contributed by atoms with van der Waals surface area (Å²) in [6, 6.07) is 8.36. The minimum absolute atomic E-state index is 0.791. The average molecular weight is 236 g/mol. The Labute approximate surface area is 105 Å². The summed E-state index contributed by atoms with van der Waals surface area (Å²) in [5.41, 5.74) is 1.30. The van der Waals surface area contributed by atoms with Crippen LogP contribution in [0.4, 0.5) is 0 Å². The van der Waals surface area contributed by atoms with Crippen molar-refractivity contribution in [2.45, 2.75) is 19.9 Å². The highest BCUT2D eigenvalue weighted by molar-refractivity contribution is 5.28. The molecular formula is C14H24N2O. The lowest BCUT2D eigenvalue weighted by Gasteiger charge is -2.16. The normalized spacial score (nSPS) is 10.8. The summed E-state index contributed by atoms with van der Waals surface area (Å²) in [4.78, 5) is 2.30. The summed E-state index contributed by atoms with van der Waals surface area (Å²) in [5.74, 6) is 0.978. The zero-order chi connectivity index (χ0) is 12.5. The van der Waals surface area contributed by atoms with Crippen molar-refractivity contribution in [1.29, 1.82) is 0 Å². The van der Waals surface area contributed by atoms with E-state index in [0.717, 1.165) is 38.4 Å². The Bertz CT molecular complexity index is 315. The van der Waals surface area contributed by atoms with Crippen LogP contribution in [0.1, 0.15) is 18.9 Å². The topological polar surface area (TPSA) is 24.5 Å². The van der Waals surface area contributed by atoms with Crippen LogP contribution in [0.3, 0.4) is 0 Å². The van der Waals surface area contributed by atoms with Crippen LogP contribution in [0, 0.1) is 0 Å². The van der Waals surface area contributed by atoms with Gasteiger partial charge in [0.2, 0.25) is 0 Å². The molecule has 1 rings (SSSR count). The lowest BCUT2D eigenvalue weighted by molar-refractivity contribution is 0.312. The van der Waals surface area contributed by atoms with Gasteiger partial charge in [-0.1, -0.05) is 19.1 Å². The third-order valence-electron chi connectivity index (χ3n) is 2.57. The molecule has 0 fully saturated rings. The Hall–Kier alpha value is -1.06. The Balaban J connectivity index is 2.47. The van der Waals surface area contributed by atoms with Gasteiger partial charge in [0.05, 0.1) is 6.61 Å². The van der Waals surface area contributed by atoms with Gasteiger partial charge in [0.15, 0.2) is 0 Å². The van der Waals surface area contributed by atoms with Crippen LogP contribution < -0.4 is 10.1 Å². The van der Waals surface area contributed by atoms with Gasteiger partial charge >= 0.3 is 0 Å². The average Bonchev–Trinajstić information content (AvgIpc) is 2.34. The van der Waals surface area contributed by atoms with Crippen molar-refractivity contribution in [1.82, 2.24) is 10.2 Å². The maximum absolute atomic E-state index is 5.63. The smallest absolute Gasteiger partial charge is 0.119 e. The second-order valence-electron chi connectivity index (χ2n) is 4.34. The fourth-order valence-electron chi connectivity index (χ4n) is 1.65. The van der Waals surface area contributed by atoms with E-state index in [4.69, 9.17) is 4.74 Å². The number of likely N-dealkylation sites (N-methyl/N-ethyl adjacent to an activating group) is 2. The second kappa shape index (κ2) is 8.09. The van der Waals surface area contributed by atoms with Crippen molar-refractivity contribution in [2.75, 3.05) is 33.8 Å². The van der Waals surface area contributed by atoms with Crippen LogP contribution in [-0.2, 0) is 6.54 Å². The van der Waals surface area contributed by atoms with E-state index in [1.807, 2.05) is 13.1 Å². The number of ether oxygens (including phenoxy) is 1. The largest absolute Gasteiger partial charge is 0.494 e. The van der Waals surface area contributed by atoms with Gasteiger partial charge in [-0.3, -0.25) is 0 Å². The summed E-state index contributed by atoms with van der Waals surface area (Å²) in [6.45, 7) is 5.94. The molecule has 0 aromatic heterocycles. The monoisotopic (exact) mass is 236 g/mol. The molecule has 1 aromatic carbocycles. The molecule has 96 valence electrons. The molecule has 1 aromatic rings. The Morgan fingerprint density at radius 2 is 2.18 bits per heavy atom. The van der Waals surface area contributed by atoms with Crippen molar-refractivity contribution in [2.24, 2.45) is 0 Å². The van der Waals surface area contributed by atoms with Gasteiger partial charge in [0.25, 0.3) is 0 Å². The summed E-state index contributed by atoms with van der Waals surface area (Å²) >= 11 is 0. The van der Waals surface area contributed by atoms with Crippen molar-refractivity contribution < 1.29 is 4.74 Å². The van der Waals surface area contributed by atoms with Crippen LogP contribution in [0.15, 0.2) is 24.3 Å². The number of hydrogen-bond donors (Lipinski definition) is 1. The maximum atomic E-state index is 5.63. The van der Waals surface area contributed by atoms with Gasteiger partial charge in [-0.25, -0.2) is 0 Å². The molecule has 3 nitrogen and oxygen atoms in total. The highest BCUT2D eigenvalue weighted by Crippen LogP contribution is 2.14. The number of hydrogen-bond acceptors (Lipinski definition) is 3. The van der Waals surface area contributed by atoms with Gasteiger partial charge in [0, 0.05) is 19.6 Å². The van der Waals surface area contributed by atoms with Crippen molar-refractivity contribution in [3.8, 4) is 5.75 Å². The Morgan fingerprint density at radius 1 is 1.35 bits per heavy atom. The fourth-order valence-corrected chi connectivity index (χ4v) is 1.65. The summed E-state index contributed by atoms with van der Waals surface area (Å²) in [7, 11) is 4.12. The molecule has 0 amide bonds. The molecule has 0 radical (unpaired) electrons. The first-order chi connectivity index (χ1) is 8.26. The van der Waals surface area contributed by atoms with E-state index < -0.39 is 0 Å². The van der Waals surface area contributed by atoms with Gasteiger partial charge < -0.3 is 15.0 Å². The number of nitrogens with zero attached hydrogens (tertiary/aromatic N) is 1. The SMILES string of the molecule is CCCOc1cccc(CN(C)CCNC)c1. The highest BCUT2D eigenvalue weighted by atomic mass is 16.5. The second-order valence-corrected chi connectivity index (χ2v) is 4.34. The highest BCUT2D eigenvalue weighted by Gasteiger charge is 2.01. The summed E-state index contributed by atoms with van der Waals surface area (Å²) < 4.78 is 5.63. The standard InChI is InChI=1S/C14H24N2O/c1-4-10-17-14-7-5-6-13(11-14)12-16(3)9-8-15-2/h5-7,11,15H,4,8-10,12H2,1-3H3. The first-order valence-corrected chi connectivity index (χ1v) is 6.31. The molecule has 0 unspecified atom stereocenters. The minimum atomic E-state index is 0.791. The molecule has 0 bridgehead atoms. The lowest BCUT2D eigenvalue weighted by atomic mass is 10.2. The van der Waals surface area contributed by atoms with Gasteiger partial charge in [-0.2, -0.15) is 0 Å². The number of rotatable bonds is 8. The molecule has 3 heteroatoms. The third-order valence-corrected chi connectivity index (χ3v) is 2.57. The number of nitrogens with one attached hydrogen (secondary N) is 1. The lowest BCUT2D eigenvalue weighted by Crippen LogP contribution is -2.26. The predicted octanol–water partition coefficient (Wildman–Crippen LogP) is 2.13. The molecular weight excluding hydrogens is 212 g/mol. The molecule has 1 N–H and O–H groups in total. The van der Waals surface area contributed by atoms with Gasteiger partial charge in [-0.15, -0.1) is 0 Å². The van der Waals surface area contributed by atoms with E-state index in [-0.39, 0.29) is 0 Å². The Morgan fingerprint density at radius 3 is 2.88 bits per heavy atom. The maximum Gasteiger partial charge on any atom is 0.119 e. The molecule has 0 aliphatic carbocycles. The quantitative estimate of drug-likeness (QED) is 0.748. The van der Waals surface area contributed by atoms with E-state index >= 15 is 0 Å². The van der Waals surface area contributed by atoms with E-state index in [0.29, 0.717) is 0 Å². The zero-order valence-corrected chi connectivity index (χ0v) is 11.2. The third kappa shape index (κ3) is 5.71. The van der Waals surface area contributed by atoms with Crippen molar-refractivity contribution in [3.63, 3.8) is 0 Å². The van der Waals surface area contributed by atoms with E-state index in [2.05, 4.69) is 42.4 Å². The van der Waals surface area contributed by atoms with Gasteiger partial charge in [0.1, 0.15) is 5.75 Å². The molecule has 0 heterocycles. The molecule has 0 atom stereocenters. The van der Waals surface area contributed by atoms with Crippen molar-refractivity contribution in [3.05, 3.63) is 29.8 Å². The summed E-state index contributed by atoms with van der Waals surface area (Å²) in [6.07, 6.45) is 1.05. The van der Waals surface area contributed by atoms with Crippen molar-refractivity contribution >= 4 is 0 Å². The molecule has 0 saturated carbocycles. The minimum Gasteiger partial charge on any atom is -0.494 e. The van der Waals surface area contributed by atoms with Crippen LogP contribution in [-0.4, -0.2) is 38.7 Å². The molecule has 0 aliphatic heterocycles. The van der Waals surface area contributed by atoms with Crippen LogP contribution in [0.5, 0.6) is 5.75 Å². The Kier molecular flexibility index (Phi) is 6.67. The molecule has 0 aliphatic rings. The van der Waals surface area contributed by atoms with Crippen LogP contribution in [0.25, 0.3) is 0 Å². The van der Waals surface area contributed by atoms with Gasteiger partial charge in [-0.05, 0) is 38.2 Å². The van der Waals surface area contributed by atoms with E-state index in [1.165, 1.54) is 5.56 Å². The van der Waals surface area contributed by atoms with E-state index in [1.54, 1.807) is 0 Å². The first kappa shape index (κ1) is 14.0. The fraction of sp³-hybridized carbons (Fsp3) is 0.571.